The lowest BCUT2D eigenvalue weighted by molar-refractivity contribution is 0.0735. The minimum atomic E-state index is 0.507. The maximum atomic E-state index is 5.35. The first-order valence-corrected chi connectivity index (χ1v) is 9.62. The number of halogens is 1. The summed E-state index contributed by atoms with van der Waals surface area (Å²) in [5.74, 6) is 0.949. The Morgan fingerprint density at radius 2 is 1.85 bits per heavy atom. The molecule has 0 heterocycles. The van der Waals surface area contributed by atoms with Crippen LogP contribution in [0.1, 0.15) is 58.3 Å². The van der Waals surface area contributed by atoms with E-state index in [1.54, 1.807) is 0 Å². The first kappa shape index (κ1) is 16.8. The third kappa shape index (κ3) is 4.71. The third-order valence-corrected chi connectivity index (χ3v) is 6.64. The Morgan fingerprint density at radius 3 is 2.35 bits per heavy atom. The molecular weight excluding hydrogens is 314 g/mol. The van der Waals surface area contributed by atoms with E-state index in [2.05, 4.69) is 27.8 Å². The van der Waals surface area contributed by atoms with E-state index >= 15 is 0 Å². The Kier molecular flexibility index (Phi) is 6.83. The van der Waals surface area contributed by atoms with Crippen LogP contribution in [0, 0.1) is 11.3 Å². The summed E-state index contributed by atoms with van der Waals surface area (Å²) in [6, 6.07) is 0.740. The van der Waals surface area contributed by atoms with E-state index in [1.165, 1.54) is 63.2 Å². The van der Waals surface area contributed by atoms with Crippen LogP contribution in [-0.4, -0.2) is 43.1 Å². The van der Waals surface area contributed by atoms with Crippen molar-refractivity contribution in [3.63, 3.8) is 0 Å². The van der Waals surface area contributed by atoms with Gasteiger partial charge in [0.2, 0.25) is 0 Å². The number of hydrogen-bond donors (Lipinski definition) is 0. The molecule has 2 nitrogen and oxygen atoms in total. The van der Waals surface area contributed by atoms with Crippen molar-refractivity contribution in [2.75, 3.05) is 32.1 Å². The van der Waals surface area contributed by atoms with Crippen molar-refractivity contribution >= 4 is 15.9 Å². The van der Waals surface area contributed by atoms with Crippen molar-refractivity contribution in [1.82, 2.24) is 4.90 Å². The monoisotopic (exact) mass is 345 g/mol. The number of ether oxygens (including phenoxy) is 1. The van der Waals surface area contributed by atoms with Gasteiger partial charge in [0, 0.05) is 31.6 Å². The van der Waals surface area contributed by atoms with Crippen LogP contribution in [0.4, 0.5) is 0 Å². The van der Waals surface area contributed by atoms with Gasteiger partial charge in [0.25, 0.3) is 0 Å². The highest BCUT2D eigenvalue weighted by Gasteiger charge is 2.37. The van der Waals surface area contributed by atoms with Gasteiger partial charge in [-0.25, -0.2) is 0 Å². The van der Waals surface area contributed by atoms with Gasteiger partial charge >= 0.3 is 0 Å². The summed E-state index contributed by atoms with van der Waals surface area (Å²) >= 11 is 3.84. The second-order valence-corrected chi connectivity index (χ2v) is 7.65. The Morgan fingerprint density at radius 1 is 1.20 bits per heavy atom. The third-order valence-electron chi connectivity index (χ3n) is 5.45. The van der Waals surface area contributed by atoms with Gasteiger partial charge < -0.3 is 4.74 Å². The van der Waals surface area contributed by atoms with E-state index in [4.69, 9.17) is 4.74 Å². The number of methoxy groups -OCH3 is 1. The van der Waals surface area contributed by atoms with Gasteiger partial charge in [-0.15, -0.1) is 0 Å². The van der Waals surface area contributed by atoms with Gasteiger partial charge in [-0.3, -0.25) is 4.90 Å². The average Bonchev–Trinajstić information content (AvgIpc) is 3.30. The van der Waals surface area contributed by atoms with Gasteiger partial charge in [0.15, 0.2) is 0 Å². The van der Waals surface area contributed by atoms with Gasteiger partial charge in [-0.05, 0) is 43.9 Å². The summed E-state index contributed by atoms with van der Waals surface area (Å²) in [5, 5.41) is 1.17. The summed E-state index contributed by atoms with van der Waals surface area (Å²) in [5.41, 5.74) is 0.507. The molecule has 0 aromatic carbocycles. The summed E-state index contributed by atoms with van der Waals surface area (Å²) < 4.78 is 5.35. The number of hydrogen-bond acceptors (Lipinski definition) is 2. The highest BCUT2D eigenvalue weighted by atomic mass is 79.9. The zero-order valence-electron chi connectivity index (χ0n) is 13.4. The van der Waals surface area contributed by atoms with Gasteiger partial charge in [0.1, 0.15) is 0 Å². The number of nitrogens with zero attached hydrogens (tertiary/aromatic N) is 1. The van der Waals surface area contributed by atoms with Gasteiger partial charge in [0.05, 0.1) is 6.61 Å². The van der Waals surface area contributed by atoms with Crippen LogP contribution in [-0.2, 0) is 4.74 Å². The average molecular weight is 346 g/mol. The highest BCUT2D eigenvalue weighted by Crippen LogP contribution is 2.40. The molecule has 118 valence electrons. The van der Waals surface area contributed by atoms with E-state index in [0.717, 1.165) is 25.1 Å². The van der Waals surface area contributed by atoms with Crippen LogP contribution in [0.5, 0.6) is 0 Å². The summed E-state index contributed by atoms with van der Waals surface area (Å²) in [4.78, 5) is 2.73. The standard InChI is InChI=1S/C17H32BrNO/c1-15(16-7-8-16)19(11-12-20-2)14-17(13-18)9-5-3-4-6-10-17/h15-16H,3-14H2,1-2H3. The van der Waals surface area contributed by atoms with E-state index < -0.39 is 0 Å². The molecule has 1 unspecified atom stereocenters. The molecule has 0 aromatic rings. The van der Waals surface area contributed by atoms with E-state index in [0.29, 0.717) is 5.41 Å². The molecule has 0 amide bonds. The van der Waals surface area contributed by atoms with Crippen molar-refractivity contribution in [3.8, 4) is 0 Å². The maximum Gasteiger partial charge on any atom is 0.0589 e. The van der Waals surface area contributed by atoms with E-state index in [1.807, 2.05) is 7.11 Å². The van der Waals surface area contributed by atoms with E-state index in [9.17, 15) is 0 Å². The lowest BCUT2D eigenvalue weighted by atomic mass is 9.81. The van der Waals surface area contributed by atoms with Crippen molar-refractivity contribution in [3.05, 3.63) is 0 Å². The smallest absolute Gasteiger partial charge is 0.0589 e. The quantitative estimate of drug-likeness (QED) is 0.475. The molecule has 0 bridgehead atoms. The Bertz CT molecular complexity index is 272. The Labute approximate surface area is 133 Å². The molecule has 20 heavy (non-hydrogen) atoms. The van der Waals surface area contributed by atoms with Gasteiger partial charge in [-0.1, -0.05) is 41.6 Å². The molecule has 3 heteroatoms. The lowest BCUT2D eigenvalue weighted by Crippen LogP contribution is -2.45. The van der Waals surface area contributed by atoms with Crippen molar-refractivity contribution < 1.29 is 4.74 Å². The topological polar surface area (TPSA) is 12.5 Å². The molecule has 0 spiro atoms. The molecule has 2 rings (SSSR count). The largest absolute Gasteiger partial charge is 0.383 e. The fraction of sp³-hybridized carbons (Fsp3) is 1.00. The van der Waals surface area contributed by atoms with Gasteiger partial charge in [-0.2, -0.15) is 0 Å². The lowest BCUT2D eigenvalue weighted by Gasteiger charge is -2.40. The fourth-order valence-corrected chi connectivity index (χ4v) is 4.49. The fourth-order valence-electron chi connectivity index (χ4n) is 3.76. The number of alkyl halides is 1. The number of rotatable bonds is 8. The minimum Gasteiger partial charge on any atom is -0.383 e. The predicted molar refractivity (Wildman–Crippen MR) is 89.6 cm³/mol. The van der Waals surface area contributed by atoms with Crippen molar-refractivity contribution in [2.24, 2.45) is 11.3 Å². The van der Waals surface area contributed by atoms with Crippen LogP contribution in [0.25, 0.3) is 0 Å². The molecule has 0 aromatic heterocycles. The summed E-state index contributed by atoms with van der Waals surface area (Å²) in [6.45, 7) is 5.67. The summed E-state index contributed by atoms with van der Waals surface area (Å²) in [7, 11) is 1.83. The van der Waals surface area contributed by atoms with Crippen LogP contribution in [0.3, 0.4) is 0 Å². The van der Waals surface area contributed by atoms with Crippen LogP contribution in [0.2, 0.25) is 0 Å². The minimum absolute atomic E-state index is 0.507. The van der Waals surface area contributed by atoms with Crippen molar-refractivity contribution in [1.29, 1.82) is 0 Å². The van der Waals surface area contributed by atoms with Crippen LogP contribution in [0.15, 0.2) is 0 Å². The predicted octanol–water partition coefficient (Wildman–Crippen LogP) is 4.47. The Hall–Kier alpha value is 0.400. The molecule has 2 aliphatic rings. The van der Waals surface area contributed by atoms with Crippen LogP contribution >= 0.6 is 15.9 Å². The Balaban J connectivity index is 1.98. The molecule has 0 radical (unpaired) electrons. The van der Waals surface area contributed by atoms with Crippen LogP contribution < -0.4 is 0 Å². The molecule has 0 saturated heterocycles. The molecule has 2 aliphatic carbocycles. The first-order chi connectivity index (χ1) is 9.71. The molecule has 0 aliphatic heterocycles. The normalized spacial score (nSPS) is 24.6. The maximum absolute atomic E-state index is 5.35. The molecule has 2 fully saturated rings. The summed E-state index contributed by atoms with van der Waals surface area (Å²) in [6.07, 6.45) is 11.4. The van der Waals surface area contributed by atoms with E-state index in [-0.39, 0.29) is 0 Å². The zero-order valence-corrected chi connectivity index (χ0v) is 15.0. The molecule has 0 N–H and O–H groups in total. The SMILES string of the molecule is COCCN(CC1(CBr)CCCCCC1)C(C)C1CC1. The highest BCUT2D eigenvalue weighted by molar-refractivity contribution is 9.09. The zero-order chi connectivity index (χ0) is 14.4. The molecule has 2 saturated carbocycles. The second kappa shape index (κ2) is 8.14. The van der Waals surface area contributed by atoms with Crippen molar-refractivity contribution in [2.45, 2.75) is 64.3 Å². The second-order valence-electron chi connectivity index (χ2n) is 7.09. The molecule has 1 atom stereocenters. The molecular formula is C17H32BrNO. The first-order valence-electron chi connectivity index (χ1n) is 8.50.